The Morgan fingerprint density at radius 2 is 1.03 bits per heavy atom. The van der Waals surface area contributed by atoms with Gasteiger partial charge in [-0.05, 0) is 125 Å². The van der Waals surface area contributed by atoms with Gasteiger partial charge in [-0.25, -0.2) is 4.57 Å². The summed E-state index contributed by atoms with van der Waals surface area (Å²) in [5.74, 6) is 0.335. The molecular weight excluding hydrogens is 718 g/mol. The molecule has 0 aliphatic rings. The molecule has 0 unspecified atom stereocenters. The van der Waals surface area contributed by atoms with Crippen molar-refractivity contribution in [2.24, 2.45) is 0 Å². The Bertz CT molecular complexity index is 825. The molecule has 0 radical (unpaired) electrons. The van der Waals surface area contributed by atoms with Crippen LogP contribution in [-0.2, 0) is 17.4 Å². The number of benzene rings is 2. The number of unbranched alkanes of at least 4 members (excludes halogenated alkanes) is 4. The minimum atomic E-state index is -4.70. The summed E-state index contributed by atoms with van der Waals surface area (Å²) in [7, 11) is -4.70. The first-order chi connectivity index (χ1) is 14.7. The molecule has 0 saturated carbocycles. The first kappa shape index (κ1) is 31.8. The van der Waals surface area contributed by atoms with Gasteiger partial charge in [-0.1, -0.05) is 39.5 Å². The summed E-state index contributed by atoms with van der Waals surface area (Å²) < 4.78 is 25.5. The zero-order valence-corrected chi connectivity index (χ0v) is 28.9. The Morgan fingerprint density at radius 3 is 1.31 bits per heavy atom. The third kappa shape index (κ3) is 10.4. The maximum absolute atomic E-state index is 12.7. The van der Waals surface area contributed by atoms with Gasteiger partial charge in [0, 0.05) is 0 Å². The van der Waals surface area contributed by atoms with Crippen molar-refractivity contribution < 1.29 is 69.9 Å². The van der Waals surface area contributed by atoms with Crippen molar-refractivity contribution in [3.8, 4) is 11.5 Å². The number of rotatable bonds is 12. The van der Waals surface area contributed by atoms with Crippen LogP contribution < -0.4 is 65.3 Å². The first-order valence-electron chi connectivity index (χ1n) is 10.3. The van der Waals surface area contributed by atoms with Gasteiger partial charge in [-0.3, -0.25) is 0 Å². The third-order valence-corrected chi connectivity index (χ3v) is 7.83. The summed E-state index contributed by atoms with van der Waals surface area (Å²) in [5.41, 5.74) is 2.20. The van der Waals surface area contributed by atoms with E-state index in [4.69, 9.17) is 9.05 Å². The van der Waals surface area contributed by atoms with Crippen molar-refractivity contribution in [1.82, 2.24) is 0 Å². The van der Waals surface area contributed by atoms with Gasteiger partial charge < -0.3 is 13.9 Å². The summed E-state index contributed by atoms with van der Waals surface area (Å²) in [6, 6.07) is 7.53. The molecule has 4 nitrogen and oxygen atoms in total. The minimum Gasteiger partial charge on any atom is -0.736 e. The Balaban J connectivity index is 0.00000512. The quantitative estimate of drug-likeness (QED) is 0.149. The van der Waals surface area contributed by atoms with E-state index in [9.17, 15) is 9.46 Å². The average Bonchev–Trinajstić information content (AvgIpc) is 2.68. The van der Waals surface area contributed by atoms with Crippen LogP contribution in [0.3, 0.4) is 0 Å². The van der Waals surface area contributed by atoms with E-state index in [1.54, 1.807) is 0 Å². The predicted molar refractivity (Wildman–Crippen MR) is 139 cm³/mol. The van der Waals surface area contributed by atoms with E-state index < -0.39 is 7.82 Å². The molecule has 2 aromatic rings. The van der Waals surface area contributed by atoms with E-state index in [2.05, 4.69) is 77.6 Å². The van der Waals surface area contributed by atoms with Crippen molar-refractivity contribution in [2.75, 3.05) is 0 Å². The first-order valence-corrected chi connectivity index (χ1v) is 15.0. The SMILES string of the molecule is CCCCCc1cc(Br)c(OP(=O)([O-])Oc2c(Br)cc(CCCCC)cc2Br)c(Br)c1.[K+]. The number of hydrogen-bond acceptors (Lipinski definition) is 4. The molecule has 0 atom stereocenters. The Morgan fingerprint density at radius 1 is 0.719 bits per heavy atom. The summed E-state index contributed by atoms with van der Waals surface area (Å²) in [5, 5.41) is 0. The van der Waals surface area contributed by atoms with Crippen molar-refractivity contribution in [1.29, 1.82) is 0 Å². The molecule has 2 aromatic carbocycles. The third-order valence-electron chi connectivity index (χ3n) is 4.66. The van der Waals surface area contributed by atoms with Crippen LogP contribution >= 0.6 is 71.5 Å². The summed E-state index contributed by atoms with van der Waals surface area (Å²) in [6.07, 6.45) is 8.58. The van der Waals surface area contributed by atoms with Crippen molar-refractivity contribution in [3.63, 3.8) is 0 Å². The van der Waals surface area contributed by atoms with Crippen LogP contribution in [0.15, 0.2) is 42.2 Å². The summed E-state index contributed by atoms with van der Waals surface area (Å²) in [4.78, 5) is 12.7. The van der Waals surface area contributed by atoms with Gasteiger partial charge in [0.2, 0.25) is 0 Å². The molecule has 0 heterocycles. The Hall–Kier alpha value is 1.79. The van der Waals surface area contributed by atoms with E-state index in [1.807, 2.05) is 24.3 Å². The van der Waals surface area contributed by atoms with Gasteiger partial charge in [-0.2, -0.15) is 0 Å². The van der Waals surface area contributed by atoms with E-state index >= 15 is 0 Å². The van der Waals surface area contributed by atoms with Crippen molar-refractivity contribution >= 4 is 71.5 Å². The predicted octanol–water partition coefficient (Wildman–Crippen LogP) is 6.13. The molecule has 0 N–H and O–H groups in total. The monoisotopic (exact) mass is 740 g/mol. The molecule has 10 heteroatoms. The maximum Gasteiger partial charge on any atom is 1.00 e. The second-order valence-electron chi connectivity index (χ2n) is 7.32. The minimum absolute atomic E-state index is 0. The molecule has 0 bridgehead atoms. The molecule has 0 amide bonds. The molecule has 0 aromatic heterocycles. The standard InChI is InChI=1S/C22H27Br4O4P.K/c1-3-5-7-9-15-11-17(23)21(18(24)12-15)29-31(27,28)30-22-19(25)13-16(14-20(22)26)10-8-6-4-2;/h11-14H,3-10H2,1-2H3,(H,27,28);/q;+1/p-1. The molecule has 2 rings (SSSR count). The Labute approximate surface area is 267 Å². The molecule has 172 valence electrons. The second kappa shape index (κ2) is 15.8. The van der Waals surface area contributed by atoms with Crippen LogP contribution in [0, 0.1) is 0 Å². The molecular formula is C22H26Br4KO4P. The van der Waals surface area contributed by atoms with Crippen molar-refractivity contribution in [3.05, 3.63) is 53.3 Å². The molecule has 32 heavy (non-hydrogen) atoms. The molecule has 0 saturated heterocycles. The van der Waals surface area contributed by atoms with Crippen LogP contribution in [0.4, 0.5) is 0 Å². The molecule has 0 spiro atoms. The number of aryl methyl sites for hydroxylation is 2. The summed E-state index contributed by atoms with van der Waals surface area (Å²) >= 11 is 13.7. The van der Waals surface area contributed by atoms with Gasteiger partial charge in [-0.15, -0.1) is 0 Å². The number of hydrogen-bond donors (Lipinski definition) is 0. The number of phosphoric ester groups is 1. The van der Waals surface area contributed by atoms with Crippen LogP contribution in [0.25, 0.3) is 0 Å². The number of halogens is 4. The van der Waals surface area contributed by atoms with Crippen LogP contribution in [0.2, 0.25) is 0 Å². The van der Waals surface area contributed by atoms with Gasteiger partial charge in [0.05, 0.1) is 17.9 Å². The van der Waals surface area contributed by atoms with Gasteiger partial charge in [0.1, 0.15) is 0 Å². The van der Waals surface area contributed by atoms with Crippen molar-refractivity contribution in [2.45, 2.75) is 65.2 Å². The van der Waals surface area contributed by atoms with Crippen LogP contribution in [0.1, 0.15) is 63.5 Å². The Kier molecular flexibility index (Phi) is 15.7. The molecule has 0 fully saturated rings. The van der Waals surface area contributed by atoms with Crippen LogP contribution in [0.5, 0.6) is 11.5 Å². The van der Waals surface area contributed by atoms with Gasteiger partial charge >= 0.3 is 59.2 Å². The fourth-order valence-electron chi connectivity index (χ4n) is 3.09. The largest absolute Gasteiger partial charge is 1.00 e. The van der Waals surface area contributed by atoms with E-state index in [1.165, 1.54) is 0 Å². The zero-order valence-electron chi connectivity index (χ0n) is 18.6. The maximum atomic E-state index is 12.7. The topological polar surface area (TPSA) is 58.6 Å². The second-order valence-corrected chi connectivity index (χ2v) is 12.0. The van der Waals surface area contributed by atoms with Gasteiger partial charge in [0.25, 0.3) is 0 Å². The van der Waals surface area contributed by atoms with E-state index in [-0.39, 0.29) is 62.9 Å². The van der Waals surface area contributed by atoms with Gasteiger partial charge in [0.15, 0.2) is 11.5 Å². The van der Waals surface area contributed by atoms with E-state index in [0.717, 1.165) is 62.5 Å². The molecule has 0 aliphatic heterocycles. The average molecular weight is 744 g/mol. The van der Waals surface area contributed by atoms with E-state index in [0.29, 0.717) is 17.9 Å². The summed E-state index contributed by atoms with van der Waals surface area (Å²) in [6.45, 7) is 4.32. The fourth-order valence-corrected chi connectivity index (χ4v) is 7.35. The zero-order chi connectivity index (χ0) is 23.0. The normalized spacial score (nSPS) is 11.2. The fraction of sp³-hybridized carbons (Fsp3) is 0.455. The molecule has 0 aliphatic carbocycles. The number of phosphoric acid groups is 1. The smallest absolute Gasteiger partial charge is 0.736 e. The van der Waals surface area contributed by atoms with Crippen LogP contribution in [-0.4, -0.2) is 0 Å².